The number of benzene rings is 2. The highest BCUT2D eigenvalue weighted by Gasteiger charge is 2.33. The highest BCUT2D eigenvalue weighted by molar-refractivity contribution is 5.87. The van der Waals surface area contributed by atoms with Crippen molar-refractivity contribution in [3.8, 4) is 11.1 Å². The van der Waals surface area contributed by atoms with Crippen LogP contribution in [0.3, 0.4) is 0 Å². The van der Waals surface area contributed by atoms with Crippen LogP contribution in [0.2, 0.25) is 0 Å². The van der Waals surface area contributed by atoms with Gasteiger partial charge in [0.15, 0.2) is 5.60 Å². The number of rotatable bonds is 9. The number of hydrogen-bond acceptors (Lipinski definition) is 6. The molecule has 0 radical (unpaired) electrons. The molecule has 9 heteroatoms. The van der Waals surface area contributed by atoms with E-state index < -0.39 is 36.2 Å². The zero-order chi connectivity index (χ0) is 23.3. The second-order valence-corrected chi connectivity index (χ2v) is 7.77. The van der Waals surface area contributed by atoms with Gasteiger partial charge in [0.05, 0.1) is 13.2 Å². The number of aliphatic hydroxyl groups is 1. The fraction of sp³-hybridized carbons (Fsp3) is 0.348. The monoisotopic (exact) mass is 442 g/mol. The van der Waals surface area contributed by atoms with Gasteiger partial charge in [0.1, 0.15) is 12.6 Å². The quantitative estimate of drug-likeness (QED) is 0.462. The normalized spacial score (nSPS) is 15.1. The zero-order valence-corrected chi connectivity index (χ0v) is 17.8. The van der Waals surface area contributed by atoms with E-state index in [1.165, 1.54) is 7.11 Å². The van der Waals surface area contributed by atoms with Crippen LogP contribution in [0.4, 0.5) is 4.79 Å². The molecule has 2 atom stereocenters. The van der Waals surface area contributed by atoms with Crippen LogP contribution < -0.4 is 10.6 Å². The number of methoxy groups -OCH3 is 1. The third-order valence-electron chi connectivity index (χ3n) is 5.35. The van der Waals surface area contributed by atoms with Crippen molar-refractivity contribution in [1.29, 1.82) is 0 Å². The molecule has 170 valence electrons. The third kappa shape index (κ3) is 5.06. The summed E-state index contributed by atoms with van der Waals surface area (Å²) >= 11 is 0. The number of fused-ring (bicyclic) bond motifs is 3. The van der Waals surface area contributed by atoms with Crippen molar-refractivity contribution in [2.75, 3.05) is 26.9 Å². The minimum Gasteiger partial charge on any atom is -0.479 e. The maximum absolute atomic E-state index is 12.4. The summed E-state index contributed by atoms with van der Waals surface area (Å²) in [4.78, 5) is 35.7. The molecular formula is C23H26N2O7. The molecule has 0 spiro atoms. The first-order chi connectivity index (χ1) is 15.2. The van der Waals surface area contributed by atoms with Gasteiger partial charge in [-0.2, -0.15) is 0 Å². The van der Waals surface area contributed by atoms with Gasteiger partial charge in [0.2, 0.25) is 5.91 Å². The van der Waals surface area contributed by atoms with Crippen LogP contribution in [-0.4, -0.2) is 66.7 Å². The number of carboxylic acid groups (broad SMARTS) is 1. The predicted octanol–water partition coefficient (Wildman–Crippen LogP) is 1.49. The van der Waals surface area contributed by atoms with E-state index in [0.29, 0.717) is 0 Å². The number of nitrogens with one attached hydrogen (secondary N) is 2. The fourth-order valence-electron chi connectivity index (χ4n) is 3.59. The molecule has 32 heavy (non-hydrogen) atoms. The van der Waals surface area contributed by atoms with Crippen molar-refractivity contribution in [3.05, 3.63) is 59.7 Å². The van der Waals surface area contributed by atoms with E-state index in [2.05, 4.69) is 10.6 Å². The molecule has 2 aromatic rings. The molecule has 0 saturated carbocycles. The minimum atomic E-state index is -2.14. The molecule has 2 aromatic carbocycles. The Morgan fingerprint density at radius 2 is 1.62 bits per heavy atom. The number of carbonyl (C=O) groups is 3. The molecule has 0 aromatic heterocycles. The van der Waals surface area contributed by atoms with Crippen molar-refractivity contribution in [2.24, 2.45) is 0 Å². The number of aliphatic carboxylic acids is 1. The Balaban J connectivity index is 1.61. The van der Waals surface area contributed by atoms with E-state index in [-0.39, 0.29) is 19.1 Å². The van der Waals surface area contributed by atoms with Gasteiger partial charge in [-0.3, -0.25) is 4.79 Å². The number of alkyl carbamates (subject to hydrolysis) is 1. The molecule has 0 heterocycles. The molecule has 3 rings (SSSR count). The SMILES string of the molecule is COC[C@H](NC(=O)OCC1c2ccccc2-c2ccccc21)C(=O)NCC(C)(O)C(=O)O. The Kier molecular flexibility index (Phi) is 7.12. The summed E-state index contributed by atoms with van der Waals surface area (Å²) in [6, 6.07) is 14.7. The van der Waals surface area contributed by atoms with Gasteiger partial charge < -0.3 is 30.3 Å². The summed E-state index contributed by atoms with van der Waals surface area (Å²) < 4.78 is 10.4. The molecule has 2 amide bonds. The summed E-state index contributed by atoms with van der Waals surface area (Å²) in [5.41, 5.74) is 2.17. The van der Waals surface area contributed by atoms with Crippen molar-refractivity contribution in [1.82, 2.24) is 10.6 Å². The van der Waals surface area contributed by atoms with Gasteiger partial charge in [0.25, 0.3) is 0 Å². The van der Waals surface area contributed by atoms with E-state index >= 15 is 0 Å². The first-order valence-corrected chi connectivity index (χ1v) is 10.1. The van der Waals surface area contributed by atoms with E-state index in [0.717, 1.165) is 29.2 Å². The lowest BCUT2D eigenvalue weighted by Gasteiger charge is -2.22. The fourth-order valence-corrected chi connectivity index (χ4v) is 3.59. The molecule has 0 saturated heterocycles. The van der Waals surface area contributed by atoms with Crippen LogP contribution in [0, 0.1) is 0 Å². The average molecular weight is 442 g/mol. The lowest BCUT2D eigenvalue weighted by atomic mass is 9.98. The maximum Gasteiger partial charge on any atom is 0.407 e. The molecular weight excluding hydrogens is 416 g/mol. The number of carboxylic acids is 1. The van der Waals surface area contributed by atoms with Crippen molar-refractivity contribution < 1.29 is 34.1 Å². The average Bonchev–Trinajstić information content (AvgIpc) is 3.09. The summed E-state index contributed by atoms with van der Waals surface area (Å²) in [5, 5.41) is 23.4. The molecule has 9 nitrogen and oxygen atoms in total. The molecule has 0 aliphatic heterocycles. The van der Waals surface area contributed by atoms with Gasteiger partial charge in [-0.1, -0.05) is 48.5 Å². The second kappa shape index (κ2) is 9.80. The van der Waals surface area contributed by atoms with Gasteiger partial charge >= 0.3 is 12.1 Å². The Hall–Kier alpha value is -3.43. The smallest absolute Gasteiger partial charge is 0.407 e. The largest absolute Gasteiger partial charge is 0.479 e. The summed E-state index contributed by atoms with van der Waals surface area (Å²) in [6.45, 7) is 0.438. The number of carbonyl (C=O) groups excluding carboxylic acids is 2. The van der Waals surface area contributed by atoms with Gasteiger partial charge in [-0.05, 0) is 29.2 Å². The van der Waals surface area contributed by atoms with Crippen LogP contribution >= 0.6 is 0 Å². The lowest BCUT2D eigenvalue weighted by molar-refractivity contribution is -0.156. The first kappa shape index (κ1) is 23.2. The van der Waals surface area contributed by atoms with Crippen LogP contribution in [0.1, 0.15) is 24.0 Å². The van der Waals surface area contributed by atoms with Crippen molar-refractivity contribution >= 4 is 18.0 Å². The Morgan fingerprint density at radius 3 is 2.16 bits per heavy atom. The molecule has 4 N–H and O–H groups in total. The van der Waals surface area contributed by atoms with Crippen LogP contribution in [0.25, 0.3) is 11.1 Å². The lowest BCUT2D eigenvalue weighted by Crippen LogP contribution is -2.54. The summed E-state index contributed by atoms with van der Waals surface area (Å²) in [7, 11) is 1.35. The van der Waals surface area contributed by atoms with E-state index in [1.807, 2.05) is 48.5 Å². The van der Waals surface area contributed by atoms with Crippen LogP contribution in [0.15, 0.2) is 48.5 Å². The number of hydrogen-bond donors (Lipinski definition) is 4. The molecule has 1 aliphatic rings. The van der Waals surface area contributed by atoms with Crippen molar-refractivity contribution in [2.45, 2.75) is 24.5 Å². The van der Waals surface area contributed by atoms with Gasteiger partial charge in [0, 0.05) is 13.0 Å². The highest BCUT2D eigenvalue weighted by Crippen LogP contribution is 2.44. The molecule has 0 bridgehead atoms. The Bertz CT molecular complexity index is 960. The Morgan fingerprint density at radius 1 is 1.06 bits per heavy atom. The minimum absolute atomic E-state index is 0.0783. The van der Waals surface area contributed by atoms with E-state index in [4.69, 9.17) is 14.6 Å². The summed E-state index contributed by atoms with van der Waals surface area (Å²) in [6.07, 6.45) is -0.811. The second-order valence-electron chi connectivity index (χ2n) is 7.77. The van der Waals surface area contributed by atoms with Crippen LogP contribution in [-0.2, 0) is 19.1 Å². The third-order valence-corrected chi connectivity index (χ3v) is 5.35. The van der Waals surface area contributed by atoms with E-state index in [9.17, 15) is 19.5 Å². The molecule has 1 unspecified atom stereocenters. The standard InChI is InChI=1S/C23H26N2O7/c1-23(30,21(27)28)13-24-20(26)19(12-31-2)25-22(29)32-11-18-16-9-5-3-7-14(16)15-8-4-6-10-17(15)18/h3-10,18-19,30H,11-13H2,1-2H3,(H,24,26)(H,25,29)(H,27,28)/t19-,23?/m0/s1. The highest BCUT2D eigenvalue weighted by atomic mass is 16.5. The maximum atomic E-state index is 12.4. The van der Waals surface area contributed by atoms with E-state index in [1.54, 1.807) is 0 Å². The number of amides is 2. The van der Waals surface area contributed by atoms with Gasteiger partial charge in [-0.25, -0.2) is 9.59 Å². The zero-order valence-electron chi connectivity index (χ0n) is 17.8. The molecule has 1 aliphatic carbocycles. The molecule has 0 fully saturated rings. The number of ether oxygens (including phenoxy) is 2. The van der Waals surface area contributed by atoms with Gasteiger partial charge in [-0.15, -0.1) is 0 Å². The van der Waals surface area contributed by atoms with Crippen LogP contribution in [0.5, 0.6) is 0 Å². The first-order valence-electron chi connectivity index (χ1n) is 10.1. The topological polar surface area (TPSA) is 134 Å². The summed E-state index contributed by atoms with van der Waals surface area (Å²) in [5.74, 6) is -2.32. The Labute approximate surface area is 185 Å². The van der Waals surface area contributed by atoms with Crippen molar-refractivity contribution in [3.63, 3.8) is 0 Å². The predicted molar refractivity (Wildman–Crippen MR) is 115 cm³/mol.